The first-order valence-corrected chi connectivity index (χ1v) is 8.03. The summed E-state index contributed by atoms with van der Waals surface area (Å²) in [7, 11) is 0. The minimum Gasteiger partial charge on any atom is -0.375 e. The zero-order valence-electron chi connectivity index (χ0n) is 12.8. The Bertz CT molecular complexity index is 527. The van der Waals surface area contributed by atoms with E-state index in [9.17, 15) is 9.59 Å². The maximum atomic E-state index is 12.0. The lowest BCUT2D eigenvalue weighted by Gasteiger charge is -2.29. The largest absolute Gasteiger partial charge is 0.375 e. The summed E-state index contributed by atoms with van der Waals surface area (Å²) in [6, 6.07) is 6.97. The number of anilines is 1. The second-order valence-corrected chi connectivity index (χ2v) is 6.02. The number of amides is 2. The summed E-state index contributed by atoms with van der Waals surface area (Å²) < 4.78 is 6.37. The molecule has 1 aliphatic rings. The summed E-state index contributed by atoms with van der Waals surface area (Å²) in [6.07, 6.45) is 0.0642. The summed E-state index contributed by atoms with van der Waals surface area (Å²) in [5.74, 6) is -0.271. The zero-order valence-corrected chi connectivity index (χ0v) is 15.2. The highest BCUT2D eigenvalue weighted by molar-refractivity contribution is 9.10. The molecule has 1 fully saturated rings. The molecule has 1 aromatic rings. The highest BCUT2D eigenvalue weighted by Crippen LogP contribution is 2.14. The average molecular weight is 407 g/mol. The average Bonchev–Trinajstić information content (AvgIpc) is 2.50. The van der Waals surface area contributed by atoms with Crippen LogP contribution in [0.15, 0.2) is 28.7 Å². The first-order valence-electron chi connectivity index (χ1n) is 7.24. The summed E-state index contributed by atoms with van der Waals surface area (Å²) in [5, 5.41) is 8.65. The molecule has 0 saturated carbocycles. The molecule has 0 spiro atoms. The van der Waals surface area contributed by atoms with Crippen molar-refractivity contribution in [1.82, 2.24) is 10.6 Å². The zero-order chi connectivity index (χ0) is 15.9. The molecule has 0 bridgehead atoms. The smallest absolute Gasteiger partial charge is 0.239 e. The summed E-state index contributed by atoms with van der Waals surface area (Å²) in [6.45, 7) is 3.43. The fraction of sp³-hybridized carbons (Fsp3) is 0.467. The molecule has 0 radical (unpaired) electrons. The van der Waals surface area contributed by atoms with Crippen LogP contribution >= 0.6 is 28.3 Å². The van der Waals surface area contributed by atoms with Crippen molar-refractivity contribution >= 4 is 45.8 Å². The maximum absolute atomic E-state index is 12.0. The lowest BCUT2D eigenvalue weighted by atomic mass is 10.1. The molecule has 2 amide bonds. The predicted octanol–water partition coefficient (Wildman–Crippen LogP) is 1.69. The first-order chi connectivity index (χ1) is 10.6. The van der Waals surface area contributed by atoms with Gasteiger partial charge in [0.15, 0.2) is 0 Å². The number of morpholine rings is 1. The molecule has 23 heavy (non-hydrogen) atoms. The number of ether oxygens (including phenoxy) is 1. The van der Waals surface area contributed by atoms with E-state index in [1.807, 2.05) is 31.2 Å². The third-order valence-electron chi connectivity index (χ3n) is 3.38. The summed E-state index contributed by atoms with van der Waals surface area (Å²) in [5.41, 5.74) is 0.732. The van der Waals surface area contributed by atoms with Crippen LogP contribution < -0.4 is 16.0 Å². The van der Waals surface area contributed by atoms with Crippen LogP contribution in [0.4, 0.5) is 5.69 Å². The van der Waals surface area contributed by atoms with E-state index in [2.05, 4.69) is 31.9 Å². The van der Waals surface area contributed by atoms with Gasteiger partial charge in [0.05, 0.1) is 12.7 Å². The van der Waals surface area contributed by atoms with Gasteiger partial charge in [0.25, 0.3) is 0 Å². The van der Waals surface area contributed by atoms with Crippen LogP contribution in [0, 0.1) is 0 Å². The standard InChI is InChI=1S/C15H20BrN3O3.ClH/c1-10-14(17-8-9-22-10)15(21)18-7-6-13(20)19-12-4-2-11(16)3-5-12;/h2-5,10,14,17H,6-9H2,1H3,(H,18,21)(H,19,20);1H/t10-,14+;/m1./s1. The van der Waals surface area contributed by atoms with Crippen LogP contribution in [0.3, 0.4) is 0 Å². The second-order valence-electron chi connectivity index (χ2n) is 5.10. The van der Waals surface area contributed by atoms with E-state index in [-0.39, 0.29) is 42.8 Å². The van der Waals surface area contributed by atoms with Crippen LogP contribution in [0.2, 0.25) is 0 Å². The fourth-order valence-electron chi connectivity index (χ4n) is 2.19. The van der Waals surface area contributed by atoms with Crippen LogP contribution in [0.25, 0.3) is 0 Å². The molecule has 2 atom stereocenters. The molecule has 0 aliphatic carbocycles. The molecule has 1 heterocycles. The van der Waals surface area contributed by atoms with Crippen LogP contribution in [0.5, 0.6) is 0 Å². The van der Waals surface area contributed by atoms with Gasteiger partial charge in [-0.15, -0.1) is 12.4 Å². The molecular weight excluding hydrogens is 386 g/mol. The van der Waals surface area contributed by atoms with E-state index in [1.165, 1.54) is 0 Å². The molecule has 8 heteroatoms. The van der Waals surface area contributed by atoms with Crippen molar-refractivity contribution in [3.8, 4) is 0 Å². The molecule has 3 N–H and O–H groups in total. The Labute approximate surface area is 150 Å². The number of carbonyl (C=O) groups excluding carboxylic acids is 2. The Morgan fingerprint density at radius 3 is 2.70 bits per heavy atom. The monoisotopic (exact) mass is 405 g/mol. The number of hydrogen-bond acceptors (Lipinski definition) is 4. The molecule has 1 aromatic carbocycles. The Balaban J connectivity index is 0.00000264. The van der Waals surface area contributed by atoms with Crippen LogP contribution in [-0.2, 0) is 14.3 Å². The van der Waals surface area contributed by atoms with Gasteiger partial charge < -0.3 is 20.7 Å². The number of benzene rings is 1. The lowest BCUT2D eigenvalue weighted by Crippen LogP contribution is -2.55. The lowest BCUT2D eigenvalue weighted by molar-refractivity contribution is -0.128. The maximum Gasteiger partial charge on any atom is 0.239 e. The van der Waals surface area contributed by atoms with Gasteiger partial charge in [-0.05, 0) is 31.2 Å². The molecule has 1 saturated heterocycles. The molecule has 6 nitrogen and oxygen atoms in total. The molecule has 1 aliphatic heterocycles. The highest BCUT2D eigenvalue weighted by atomic mass is 79.9. The number of carbonyl (C=O) groups is 2. The highest BCUT2D eigenvalue weighted by Gasteiger charge is 2.27. The molecule has 2 rings (SSSR count). The van der Waals surface area contributed by atoms with Crippen molar-refractivity contribution in [2.75, 3.05) is 25.0 Å². The minimum atomic E-state index is -0.358. The van der Waals surface area contributed by atoms with Gasteiger partial charge in [-0.2, -0.15) is 0 Å². The van der Waals surface area contributed by atoms with Gasteiger partial charge in [0.1, 0.15) is 6.04 Å². The van der Waals surface area contributed by atoms with Gasteiger partial charge in [0, 0.05) is 29.7 Å². The third-order valence-corrected chi connectivity index (χ3v) is 3.91. The Kier molecular flexibility index (Phi) is 8.54. The van der Waals surface area contributed by atoms with E-state index < -0.39 is 0 Å². The van der Waals surface area contributed by atoms with Gasteiger partial charge in [0.2, 0.25) is 11.8 Å². The van der Waals surface area contributed by atoms with Crippen molar-refractivity contribution in [2.45, 2.75) is 25.5 Å². The first kappa shape index (κ1) is 19.9. The van der Waals surface area contributed by atoms with Gasteiger partial charge in [-0.25, -0.2) is 0 Å². The van der Waals surface area contributed by atoms with Crippen LogP contribution in [0.1, 0.15) is 13.3 Å². The van der Waals surface area contributed by atoms with Crippen molar-refractivity contribution < 1.29 is 14.3 Å². The second kappa shape index (κ2) is 9.87. The fourth-order valence-corrected chi connectivity index (χ4v) is 2.46. The van der Waals surface area contributed by atoms with E-state index in [0.29, 0.717) is 19.7 Å². The number of hydrogen-bond donors (Lipinski definition) is 3. The minimum absolute atomic E-state index is 0. The Hall–Kier alpha value is -1.15. The van der Waals surface area contributed by atoms with Gasteiger partial charge in [-0.3, -0.25) is 9.59 Å². The van der Waals surface area contributed by atoms with Crippen LogP contribution in [-0.4, -0.2) is 43.7 Å². The normalized spacial score (nSPS) is 20.3. The third kappa shape index (κ3) is 6.47. The quantitative estimate of drug-likeness (QED) is 0.695. The molecule has 0 aromatic heterocycles. The van der Waals surface area contributed by atoms with E-state index in [4.69, 9.17) is 4.74 Å². The topological polar surface area (TPSA) is 79.5 Å². The van der Waals surface area contributed by atoms with E-state index in [1.54, 1.807) is 0 Å². The molecule has 128 valence electrons. The van der Waals surface area contributed by atoms with Crippen molar-refractivity contribution in [2.24, 2.45) is 0 Å². The predicted molar refractivity (Wildman–Crippen MR) is 94.9 cm³/mol. The van der Waals surface area contributed by atoms with Crippen molar-refractivity contribution in [1.29, 1.82) is 0 Å². The molecular formula is C15H21BrClN3O3. The number of halogens is 2. The Morgan fingerprint density at radius 2 is 2.04 bits per heavy atom. The van der Waals surface area contributed by atoms with Crippen molar-refractivity contribution in [3.05, 3.63) is 28.7 Å². The summed E-state index contributed by atoms with van der Waals surface area (Å²) in [4.78, 5) is 23.8. The van der Waals surface area contributed by atoms with Crippen molar-refractivity contribution in [3.63, 3.8) is 0 Å². The van der Waals surface area contributed by atoms with E-state index in [0.717, 1.165) is 10.2 Å². The SMILES string of the molecule is C[C@H]1OCCN[C@@H]1C(=O)NCCC(=O)Nc1ccc(Br)cc1.Cl. The summed E-state index contributed by atoms with van der Waals surface area (Å²) >= 11 is 3.34. The number of rotatable bonds is 5. The Morgan fingerprint density at radius 1 is 1.35 bits per heavy atom. The van der Waals surface area contributed by atoms with E-state index >= 15 is 0 Å². The molecule has 0 unspecified atom stereocenters. The van der Waals surface area contributed by atoms with Gasteiger partial charge in [-0.1, -0.05) is 15.9 Å². The number of nitrogens with one attached hydrogen (secondary N) is 3. The van der Waals surface area contributed by atoms with Gasteiger partial charge >= 0.3 is 0 Å².